The predicted octanol–water partition coefficient (Wildman–Crippen LogP) is 18.1. The Morgan fingerprint density at radius 2 is 0.818 bits per heavy atom. The van der Waals surface area contributed by atoms with Crippen LogP contribution < -0.4 is 18.3 Å². The smallest absolute Gasteiger partial charge is 0.453 e. The minimum atomic E-state index is -2.06. The Morgan fingerprint density at radius 3 is 1.23 bits per heavy atom. The molecule has 7 aromatic rings. The maximum Gasteiger partial charge on any atom is 0.453 e. The molecule has 0 aliphatic heterocycles. The van der Waals surface area contributed by atoms with E-state index in [9.17, 15) is 0 Å². The molecule has 6 nitrogen and oxygen atoms in total. The quantitative estimate of drug-likeness (QED) is 0.120. The van der Waals surface area contributed by atoms with Crippen LogP contribution in [-0.4, -0.2) is 12.8 Å². The third kappa shape index (κ3) is 11.2. The van der Waals surface area contributed by atoms with Gasteiger partial charge in [-0.2, -0.15) is 0 Å². The number of ether oxygens (including phenoxy) is 1. The standard InChI is InChI=1S/C58H70O6P2/c1-37-29-43(51(47(33-37)55(5,6)7)59-27-28-65(60-41-23-19-17-20-24-41)61-42-25-21-18-22-26-42)44-30-38(2)34-48(56(8,9)10)52(44)62-66-63-53-45(31-39(3)35-49(53)57(11,12)13)46-32-40(4)36-50(54(46)64-66)58(14,15)16/h17-26,29-36H,27-28H2,1-16H3. The van der Waals surface area contributed by atoms with Crippen molar-refractivity contribution in [1.29, 1.82) is 0 Å². The molecule has 0 fully saturated rings. The minimum Gasteiger partial charge on any atom is -0.492 e. The molecule has 66 heavy (non-hydrogen) atoms. The van der Waals surface area contributed by atoms with Gasteiger partial charge in [-0.15, -0.1) is 0 Å². The molecule has 6 aromatic carbocycles. The summed E-state index contributed by atoms with van der Waals surface area (Å²) >= 11 is 0. The van der Waals surface area contributed by atoms with Crippen LogP contribution in [0.4, 0.5) is 0 Å². The number of hydrogen-bond acceptors (Lipinski definition) is 6. The van der Waals surface area contributed by atoms with Gasteiger partial charge in [0.2, 0.25) is 0 Å². The minimum absolute atomic E-state index is 0.223. The maximum atomic E-state index is 7.47. The highest BCUT2D eigenvalue weighted by Gasteiger charge is 2.31. The fraction of sp³-hybridized carbons (Fsp3) is 0.379. The van der Waals surface area contributed by atoms with Gasteiger partial charge in [-0.25, -0.2) is 0 Å². The van der Waals surface area contributed by atoms with Crippen molar-refractivity contribution in [1.82, 2.24) is 0 Å². The number of para-hydroxylation sites is 2. The van der Waals surface area contributed by atoms with E-state index in [0.29, 0.717) is 12.8 Å². The molecule has 0 atom stereocenters. The molecule has 0 saturated carbocycles. The second-order valence-electron chi connectivity index (χ2n) is 22.0. The van der Waals surface area contributed by atoms with Crippen molar-refractivity contribution in [3.63, 3.8) is 0 Å². The molecular formula is C58H70O6P2. The van der Waals surface area contributed by atoms with E-state index in [4.69, 9.17) is 26.7 Å². The Balaban J connectivity index is 1.45. The van der Waals surface area contributed by atoms with Gasteiger partial charge in [0.1, 0.15) is 34.2 Å². The number of aryl methyl sites for hydroxylation is 4. The van der Waals surface area contributed by atoms with Gasteiger partial charge in [-0.1, -0.05) is 144 Å². The Morgan fingerprint density at radius 1 is 0.455 bits per heavy atom. The first-order valence-corrected chi connectivity index (χ1v) is 25.6. The van der Waals surface area contributed by atoms with Crippen molar-refractivity contribution in [2.24, 2.45) is 0 Å². The van der Waals surface area contributed by atoms with Crippen LogP contribution >= 0.6 is 16.6 Å². The van der Waals surface area contributed by atoms with Gasteiger partial charge in [-0.3, -0.25) is 0 Å². The van der Waals surface area contributed by atoms with E-state index in [1.807, 2.05) is 60.7 Å². The second kappa shape index (κ2) is 18.9. The summed E-state index contributed by atoms with van der Waals surface area (Å²) in [4.78, 5) is 0. The van der Waals surface area contributed by atoms with Crippen molar-refractivity contribution in [2.45, 2.75) is 132 Å². The summed E-state index contributed by atoms with van der Waals surface area (Å²) in [6.07, 6.45) is 0.525. The Kier molecular flexibility index (Phi) is 13.9. The number of hydrogen-bond donors (Lipinski definition) is 0. The van der Waals surface area contributed by atoms with Crippen LogP contribution in [-0.2, 0) is 21.7 Å². The number of rotatable bonds is 11. The SMILES string of the molecule is Cc1cc(-c2cc(C)cc(C(C)(C)C)c2Op2oc3c(C(C)(C)C)cc(C)cc3c3cc(C)cc(C(C)(C)C)c3o2)c(OCCP(Oc2ccccc2)Oc2ccccc2)c(C(C)(C)C)c1. The summed E-state index contributed by atoms with van der Waals surface area (Å²) in [5.74, 6) is 3.04. The first-order chi connectivity index (χ1) is 30.9. The van der Waals surface area contributed by atoms with E-state index in [1.54, 1.807) is 0 Å². The van der Waals surface area contributed by atoms with Gasteiger partial charge in [0.05, 0.1) is 12.8 Å². The highest BCUT2D eigenvalue weighted by atomic mass is 31.2. The molecule has 0 amide bonds. The maximum absolute atomic E-state index is 7.47. The normalized spacial score (nSPS) is 12.5. The molecule has 1 aromatic heterocycles. The fourth-order valence-electron chi connectivity index (χ4n) is 8.38. The van der Waals surface area contributed by atoms with Gasteiger partial charge in [0.25, 0.3) is 8.38 Å². The van der Waals surface area contributed by atoms with Gasteiger partial charge in [0.15, 0.2) is 0 Å². The lowest BCUT2D eigenvalue weighted by molar-refractivity contribution is 0.327. The molecule has 348 valence electrons. The molecule has 0 unspecified atom stereocenters. The van der Waals surface area contributed by atoms with Crippen LogP contribution in [0.15, 0.2) is 118 Å². The van der Waals surface area contributed by atoms with Crippen LogP contribution in [0.5, 0.6) is 23.0 Å². The van der Waals surface area contributed by atoms with Crippen molar-refractivity contribution in [2.75, 3.05) is 12.8 Å². The van der Waals surface area contributed by atoms with Gasteiger partial charge in [0, 0.05) is 44.2 Å². The third-order valence-corrected chi connectivity index (χ3v) is 14.0. The van der Waals surface area contributed by atoms with Crippen molar-refractivity contribution >= 4 is 38.6 Å². The van der Waals surface area contributed by atoms with E-state index >= 15 is 0 Å². The van der Waals surface area contributed by atoms with E-state index in [1.165, 1.54) is 11.1 Å². The topological polar surface area (TPSA) is 63.2 Å². The average Bonchev–Trinajstić information content (AvgIpc) is 3.36. The molecular weight excluding hydrogens is 855 g/mol. The molecule has 0 radical (unpaired) electrons. The summed E-state index contributed by atoms with van der Waals surface area (Å²) in [5, 5.41) is 2.05. The fourth-order valence-corrected chi connectivity index (χ4v) is 10.7. The molecule has 0 aliphatic rings. The van der Waals surface area contributed by atoms with Gasteiger partial charge < -0.3 is 26.7 Å². The summed E-state index contributed by atoms with van der Waals surface area (Å²) in [5.41, 5.74) is 11.4. The Bertz CT molecular complexity index is 2760. The highest BCUT2D eigenvalue weighted by molar-refractivity contribution is 7.48. The predicted molar refractivity (Wildman–Crippen MR) is 279 cm³/mol. The third-order valence-electron chi connectivity index (χ3n) is 11.7. The lowest BCUT2D eigenvalue weighted by Crippen LogP contribution is -2.17. The van der Waals surface area contributed by atoms with Crippen LogP contribution in [0, 0.1) is 27.7 Å². The summed E-state index contributed by atoms with van der Waals surface area (Å²) in [7, 11) is -3.47. The summed E-state index contributed by atoms with van der Waals surface area (Å²) in [6.45, 7) is 35.9. The first-order valence-electron chi connectivity index (χ1n) is 23.2. The summed E-state index contributed by atoms with van der Waals surface area (Å²) < 4.78 is 42.1. The highest BCUT2D eigenvalue weighted by Crippen LogP contribution is 2.52. The zero-order valence-corrected chi connectivity index (χ0v) is 43.9. The largest absolute Gasteiger partial charge is 0.492 e. The first kappa shape index (κ1) is 48.8. The zero-order chi connectivity index (χ0) is 47.9. The molecule has 1 heterocycles. The van der Waals surface area contributed by atoms with Crippen LogP contribution in [0.25, 0.3) is 33.1 Å². The zero-order valence-electron chi connectivity index (χ0n) is 42.2. The van der Waals surface area contributed by atoms with E-state index in [2.05, 4.69) is 159 Å². The van der Waals surface area contributed by atoms with Crippen LogP contribution in [0.2, 0.25) is 0 Å². The van der Waals surface area contributed by atoms with Crippen molar-refractivity contribution in [3.8, 4) is 34.1 Å². The van der Waals surface area contributed by atoms with Crippen LogP contribution in [0.3, 0.4) is 0 Å². The van der Waals surface area contributed by atoms with Crippen LogP contribution in [0.1, 0.15) is 128 Å². The van der Waals surface area contributed by atoms with E-state index in [0.717, 1.165) is 89.4 Å². The Hall–Kier alpha value is -5.15. The van der Waals surface area contributed by atoms with Crippen molar-refractivity contribution in [3.05, 3.63) is 154 Å². The molecule has 7 rings (SSSR count). The molecule has 0 spiro atoms. The Labute approximate surface area is 396 Å². The van der Waals surface area contributed by atoms with Gasteiger partial charge in [-0.05, 0) is 120 Å². The monoisotopic (exact) mass is 924 g/mol. The second-order valence-corrected chi connectivity index (χ2v) is 24.4. The van der Waals surface area contributed by atoms with Crippen molar-refractivity contribution < 1.29 is 26.7 Å². The molecule has 0 bridgehead atoms. The molecule has 0 saturated heterocycles. The summed E-state index contributed by atoms with van der Waals surface area (Å²) in [6, 6.07) is 37.7. The molecule has 0 N–H and O–H groups in total. The number of fused-ring (bicyclic) bond motifs is 3. The van der Waals surface area contributed by atoms with E-state index < -0.39 is 16.6 Å². The van der Waals surface area contributed by atoms with E-state index in [-0.39, 0.29) is 21.7 Å². The lowest BCUT2D eigenvalue weighted by atomic mass is 9.80. The molecule has 0 aliphatic carbocycles. The molecule has 8 heteroatoms. The average molecular weight is 925 g/mol. The number of benzene rings is 6. The lowest BCUT2D eigenvalue weighted by Gasteiger charge is -2.29. The van der Waals surface area contributed by atoms with Gasteiger partial charge >= 0.3 is 8.24 Å².